The molecule has 0 unspecified atom stereocenters. The van der Waals surface area contributed by atoms with E-state index in [-0.39, 0.29) is 5.88 Å². The fraction of sp³-hybridized carbons (Fsp3) is 0.444. The second-order valence-electron chi connectivity index (χ2n) is 3.01. The monoisotopic (exact) mass is 241 g/mol. The lowest BCUT2D eigenvalue weighted by atomic mass is 10.1. The van der Waals surface area contributed by atoms with Gasteiger partial charge in [0, 0.05) is 11.6 Å². The van der Waals surface area contributed by atoms with E-state index in [0.29, 0.717) is 6.07 Å². The minimum absolute atomic E-state index is 0.263. The second-order valence-corrected chi connectivity index (χ2v) is 3.01. The Bertz CT molecular complexity index is 388. The van der Waals surface area contributed by atoms with Crippen LogP contribution in [0.4, 0.5) is 22.0 Å². The number of hydrogen-bond acceptors (Lipinski definition) is 2. The van der Waals surface area contributed by atoms with Crippen molar-refractivity contribution in [3.63, 3.8) is 0 Å². The first-order valence-electron chi connectivity index (χ1n) is 4.18. The van der Waals surface area contributed by atoms with Crippen LogP contribution in [-0.2, 0) is 6.18 Å². The Kier molecular flexibility index (Phi) is 3.35. The van der Waals surface area contributed by atoms with Crippen molar-refractivity contribution in [3.05, 3.63) is 22.9 Å². The number of pyridine rings is 1. The molecule has 0 aliphatic heterocycles. The SMILES string of the molecule is COc1cc(C(F)F)c(C(F)(F)F)c(C)n1. The molecule has 1 rings (SSSR count). The van der Waals surface area contributed by atoms with Gasteiger partial charge in [-0.25, -0.2) is 13.8 Å². The summed E-state index contributed by atoms with van der Waals surface area (Å²) in [5.74, 6) is -0.263. The number of aryl methyl sites for hydroxylation is 1. The molecule has 0 bridgehead atoms. The summed E-state index contributed by atoms with van der Waals surface area (Å²) >= 11 is 0. The molecule has 0 aromatic carbocycles. The number of alkyl halides is 5. The van der Waals surface area contributed by atoms with E-state index in [0.717, 1.165) is 14.0 Å². The van der Waals surface area contributed by atoms with Crippen molar-refractivity contribution in [2.24, 2.45) is 0 Å². The van der Waals surface area contributed by atoms with Crippen LogP contribution in [0.5, 0.6) is 5.88 Å². The Labute approximate surface area is 88.1 Å². The molecule has 0 saturated heterocycles. The van der Waals surface area contributed by atoms with Gasteiger partial charge >= 0.3 is 6.18 Å². The molecule has 1 aromatic heterocycles. The zero-order valence-corrected chi connectivity index (χ0v) is 8.40. The minimum Gasteiger partial charge on any atom is -0.481 e. The molecule has 0 saturated carbocycles. The summed E-state index contributed by atoms with van der Waals surface area (Å²) in [6.07, 6.45) is -8.08. The highest BCUT2D eigenvalue weighted by molar-refractivity contribution is 5.37. The summed E-state index contributed by atoms with van der Waals surface area (Å²) in [4.78, 5) is 3.43. The summed E-state index contributed by atoms with van der Waals surface area (Å²) < 4.78 is 67.0. The highest BCUT2D eigenvalue weighted by atomic mass is 19.4. The maximum atomic E-state index is 12.5. The van der Waals surface area contributed by atoms with Crippen LogP contribution in [0.3, 0.4) is 0 Å². The Morgan fingerprint density at radius 1 is 1.31 bits per heavy atom. The van der Waals surface area contributed by atoms with Crippen LogP contribution < -0.4 is 4.74 Å². The molecule has 0 N–H and O–H groups in total. The number of methoxy groups -OCH3 is 1. The van der Waals surface area contributed by atoms with Gasteiger partial charge < -0.3 is 4.74 Å². The molecule has 0 radical (unpaired) electrons. The van der Waals surface area contributed by atoms with Gasteiger partial charge in [0.15, 0.2) is 0 Å². The van der Waals surface area contributed by atoms with Crippen molar-refractivity contribution in [2.75, 3.05) is 7.11 Å². The van der Waals surface area contributed by atoms with Gasteiger partial charge in [0.05, 0.1) is 18.4 Å². The summed E-state index contributed by atoms with van der Waals surface area (Å²) in [6, 6.07) is 0.598. The van der Waals surface area contributed by atoms with Crippen LogP contribution >= 0.6 is 0 Å². The van der Waals surface area contributed by atoms with E-state index < -0.39 is 29.4 Å². The smallest absolute Gasteiger partial charge is 0.418 e. The van der Waals surface area contributed by atoms with Crippen molar-refractivity contribution in [1.29, 1.82) is 0 Å². The first-order chi connectivity index (χ1) is 7.27. The Morgan fingerprint density at radius 3 is 2.25 bits per heavy atom. The quantitative estimate of drug-likeness (QED) is 0.740. The van der Waals surface area contributed by atoms with Gasteiger partial charge in [0.1, 0.15) is 0 Å². The molecular weight excluding hydrogens is 233 g/mol. The maximum absolute atomic E-state index is 12.5. The summed E-state index contributed by atoms with van der Waals surface area (Å²) in [5, 5.41) is 0. The highest BCUT2D eigenvalue weighted by Crippen LogP contribution is 2.39. The van der Waals surface area contributed by atoms with Crippen LogP contribution in [0, 0.1) is 6.92 Å². The van der Waals surface area contributed by atoms with Gasteiger partial charge in [-0.1, -0.05) is 0 Å². The fourth-order valence-electron chi connectivity index (χ4n) is 1.31. The lowest BCUT2D eigenvalue weighted by Crippen LogP contribution is -2.13. The third kappa shape index (κ3) is 2.40. The van der Waals surface area contributed by atoms with E-state index in [1.54, 1.807) is 0 Å². The predicted molar refractivity (Wildman–Crippen MR) is 45.5 cm³/mol. The zero-order valence-electron chi connectivity index (χ0n) is 8.40. The molecule has 0 fully saturated rings. The van der Waals surface area contributed by atoms with Gasteiger partial charge in [-0.15, -0.1) is 0 Å². The van der Waals surface area contributed by atoms with Crippen molar-refractivity contribution in [3.8, 4) is 5.88 Å². The lowest BCUT2D eigenvalue weighted by molar-refractivity contribution is -0.140. The number of rotatable bonds is 2. The van der Waals surface area contributed by atoms with Crippen LogP contribution in [0.2, 0.25) is 0 Å². The van der Waals surface area contributed by atoms with E-state index in [1.165, 1.54) is 0 Å². The van der Waals surface area contributed by atoms with Crippen LogP contribution in [0.1, 0.15) is 23.2 Å². The van der Waals surface area contributed by atoms with Gasteiger partial charge in [-0.3, -0.25) is 0 Å². The largest absolute Gasteiger partial charge is 0.481 e. The van der Waals surface area contributed by atoms with Crippen molar-refractivity contribution in [2.45, 2.75) is 19.5 Å². The molecule has 0 aliphatic carbocycles. The average molecular weight is 241 g/mol. The Morgan fingerprint density at radius 2 is 1.88 bits per heavy atom. The molecule has 0 amide bonds. The first-order valence-corrected chi connectivity index (χ1v) is 4.18. The average Bonchev–Trinajstić information content (AvgIpc) is 2.14. The Hall–Kier alpha value is -1.40. The van der Waals surface area contributed by atoms with E-state index in [4.69, 9.17) is 0 Å². The van der Waals surface area contributed by atoms with E-state index in [1.807, 2.05) is 0 Å². The fourth-order valence-corrected chi connectivity index (χ4v) is 1.31. The minimum atomic E-state index is -4.85. The molecule has 0 atom stereocenters. The second kappa shape index (κ2) is 4.23. The van der Waals surface area contributed by atoms with E-state index in [2.05, 4.69) is 9.72 Å². The number of nitrogens with zero attached hydrogens (tertiary/aromatic N) is 1. The van der Waals surface area contributed by atoms with E-state index in [9.17, 15) is 22.0 Å². The third-order valence-electron chi connectivity index (χ3n) is 1.94. The molecule has 0 spiro atoms. The topological polar surface area (TPSA) is 22.1 Å². The molecule has 7 heteroatoms. The summed E-state index contributed by atoms with van der Waals surface area (Å²) in [5.41, 5.74) is -3.04. The zero-order chi connectivity index (χ0) is 12.5. The molecule has 0 aliphatic rings. The Balaban J connectivity index is 3.46. The first kappa shape index (κ1) is 12.7. The van der Waals surface area contributed by atoms with Crippen molar-refractivity contribution in [1.82, 2.24) is 4.98 Å². The van der Waals surface area contributed by atoms with Crippen LogP contribution in [0.25, 0.3) is 0 Å². The molecule has 1 aromatic rings. The van der Waals surface area contributed by atoms with E-state index >= 15 is 0 Å². The lowest BCUT2D eigenvalue weighted by Gasteiger charge is -2.15. The van der Waals surface area contributed by atoms with Gasteiger partial charge in [0.25, 0.3) is 6.43 Å². The highest BCUT2D eigenvalue weighted by Gasteiger charge is 2.38. The van der Waals surface area contributed by atoms with Crippen LogP contribution in [0.15, 0.2) is 6.07 Å². The summed E-state index contributed by atoms with van der Waals surface area (Å²) in [6.45, 7) is 1.01. The van der Waals surface area contributed by atoms with Gasteiger partial charge in [0.2, 0.25) is 5.88 Å². The van der Waals surface area contributed by atoms with Crippen LogP contribution in [-0.4, -0.2) is 12.1 Å². The molecule has 2 nitrogen and oxygen atoms in total. The molecule has 16 heavy (non-hydrogen) atoms. The number of halogens is 5. The van der Waals surface area contributed by atoms with Gasteiger partial charge in [-0.2, -0.15) is 13.2 Å². The maximum Gasteiger partial charge on any atom is 0.418 e. The number of aromatic nitrogens is 1. The predicted octanol–water partition coefficient (Wildman–Crippen LogP) is 3.36. The standard InChI is InChI=1S/C9H8F5NO/c1-4-7(9(12,13)14)5(8(10)11)3-6(15-4)16-2/h3,8H,1-2H3. The van der Waals surface area contributed by atoms with Gasteiger partial charge in [-0.05, 0) is 6.92 Å². The molecular formula is C9H8F5NO. The molecule has 90 valence electrons. The summed E-state index contributed by atoms with van der Waals surface area (Å²) in [7, 11) is 1.14. The third-order valence-corrected chi connectivity index (χ3v) is 1.94. The number of hydrogen-bond donors (Lipinski definition) is 0. The van der Waals surface area contributed by atoms with Crippen molar-refractivity contribution >= 4 is 0 Å². The van der Waals surface area contributed by atoms with Crippen molar-refractivity contribution < 1.29 is 26.7 Å². The number of ether oxygens (including phenoxy) is 1. The molecule has 1 heterocycles. The normalized spacial score (nSPS) is 12.0.